The van der Waals surface area contributed by atoms with E-state index < -0.39 is 0 Å². The Morgan fingerprint density at radius 1 is 0.778 bits per heavy atom. The molecule has 0 heterocycles. The summed E-state index contributed by atoms with van der Waals surface area (Å²) in [6, 6.07) is 27.9. The highest BCUT2D eigenvalue weighted by molar-refractivity contribution is 6.31. The molecule has 0 fully saturated rings. The van der Waals surface area contributed by atoms with Crippen molar-refractivity contribution in [2.45, 2.75) is 6.61 Å². The summed E-state index contributed by atoms with van der Waals surface area (Å²) in [5, 5.41) is 8.00. The van der Waals surface area contributed by atoms with Gasteiger partial charge in [0.05, 0.1) is 6.21 Å². The molecule has 0 bridgehead atoms. The molecular weight excluding hydrogens is 497 g/mol. The van der Waals surface area contributed by atoms with Crippen LogP contribution in [-0.2, 0) is 6.61 Å². The monoisotopic (exact) mass is 517 g/mol. The summed E-state index contributed by atoms with van der Waals surface area (Å²) in [6.45, 7) is 0.368. The highest BCUT2D eigenvalue weighted by Gasteiger charge is 2.08. The number of nitrogens with zero attached hydrogens (tertiary/aromatic N) is 1. The number of hydrogen-bond donors (Lipinski definition) is 2. The Morgan fingerprint density at radius 2 is 1.42 bits per heavy atom. The number of ether oxygens (including phenoxy) is 1. The van der Waals surface area contributed by atoms with Crippen LogP contribution in [0, 0.1) is 0 Å². The Hall–Kier alpha value is -4.13. The van der Waals surface area contributed by atoms with Crippen LogP contribution in [0.15, 0.2) is 102 Å². The minimum Gasteiger partial charge on any atom is -0.489 e. The molecule has 0 aliphatic carbocycles. The van der Waals surface area contributed by atoms with Gasteiger partial charge in [-0.15, -0.1) is 0 Å². The summed E-state index contributed by atoms with van der Waals surface area (Å²) in [5.74, 6) is 0.0506. The predicted octanol–water partition coefficient (Wildman–Crippen LogP) is 6.59. The lowest BCUT2D eigenvalue weighted by Gasteiger charge is -2.08. The normalized spacial score (nSPS) is 10.7. The van der Waals surface area contributed by atoms with E-state index in [2.05, 4.69) is 15.8 Å². The van der Waals surface area contributed by atoms with E-state index in [4.69, 9.17) is 27.9 Å². The smallest absolute Gasteiger partial charge is 0.271 e. The Bertz CT molecular complexity index is 1370. The topological polar surface area (TPSA) is 79.8 Å². The maximum atomic E-state index is 12.4. The van der Waals surface area contributed by atoms with Crippen molar-refractivity contribution in [2.75, 3.05) is 5.32 Å². The third-order valence-electron chi connectivity index (χ3n) is 5.12. The molecular formula is C28H21Cl2N3O3. The van der Waals surface area contributed by atoms with Gasteiger partial charge in [0.25, 0.3) is 11.8 Å². The summed E-state index contributed by atoms with van der Waals surface area (Å²) >= 11 is 12.0. The minimum absolute atomic E-state index is 0.270. The number of hydrazone groups is 1. The maximum absolute atomic E-state index is 12.4. The number of nitrogens with one attached hydrogen (secondary N) is 2. The van der Waals surface area contributed by atoms with E-state index >= 15 is 0 Å². The molecule has 0 radical (unpaired) electrons. The molecule has 4 aromatic rings. The van der Waals surface area contributed by atoms with Crippen LogP contribution in [0.2, 0.25) is 10.0 Å². The van der Waals surface area contributed by atoms with Gasteiger partial charge < -0.3 is 10.1 Å². The molecule has 0 unspecified atom stereocenters. The summed E-state index contributed by atoms with van der Waals surface area (Å²) < 4.78 is 5.76. The molecule has 2 N–H and O–H groups in total. The lowest BCUT2D eigenvalue weighted by atomic mass is 10.1. The van der Waals surface area contributed by atoms with Gasteiger partial charge in [-0.25, -0.2) is 5.43 Å². The summed E-state index contributed by atoms with van der Waals surface area (Å²) in [5.41, 5.74) is 5.64. The lowest BCUT2D eigenvalue weighted by molar-refractivity contribution is 0.0954. The third kappa shape index (κ3) is 6.95. The fourth-order valence-electron chi connectivity index (χ4n) is 3.17. The molecule has 0 atom stereocenters. The molecule has 0 aliphatic heterocycles. The lowest BCUT2D eigenvalue weighted by Crippen LogP contribution is -2.17. The molecule has 0 aliphatic rings. The van der Waals surface area contributed by atoms with E-state index in [-0.39, 0.29) is 11.8 Å². The van der Waals surface area contributed by atoms with Crippen LogP contribution in [0.5, 0.6) is 5.75 Å². The van der Waals surface area contributed by atoms with Crippen LogP contribution in [-0.4, -0.2) is 18.0 Å². The van der Waals surface area contributed by atoms with Crippen LogP contribution >= 0.6 is 23.2 Å². The van der Waals surface area contributed by atoms with Gasteiger partial charge in [0, 0.05) is 32.4 Å². The second-order valence-corrected chi connectivity index (χ2v) is 8.53. The predicted molar refractivity (Wildman–Crippen MR) is 143 cm³/mol. The molecule has 180 valence electrons. The molecule has 36 heavy (non-hydrogen) atoms. The van der Waals surface area contributed by atoms with Gasteiger partial charge in [-0.05, 0) is 84.4 Å². The number of anilines is 1. The van der Waals surface area contributed by atoms with Crippen LogP contribution in [0.1, 0.15) is 31.8 Å². The number of benzene rings is 4. The maximum Gasteiger partial charge on any atom is 0.271 e. The van der Waals surface area contributed by atoms with Gasteiger partial charge in [-0.3, -0.25) is 9.59 Å². The van der Waals surface area contributed by atoms with Crippen LogP contribution < -0.4 is 15.5 Å². The third-order valence-corrected chi connectivity index (χ3v) is 5.74. The number of hydrogen-bond acceptors (Lipinski definition) is 4. The fraction of sp³-hybridized carbons (Fsp3) is 0.0357. The summed E-state index contributed by atoms with van der Waals surface area (Å²) in [6.07, 6.45) is 1.54. The largest absolute Gasteiger partial charge is 0.489 e. The number of amides is 2. The second kappa shape index (κ2) is 12.0. The SMILES string of the molecule is O=C(N/N=C/c1ccc(OCc2ccccc2Cl)cc1)c1ccc(NC(=O)c2ccc(Cl)cc2)cc1. The van der Waals surface area contributed by atoms with Crippen LogP contribution in [0.25, 0.3) is 0 Å². The second-order valence-electron chi connectivity index (χ2n) is 7.69. The molecule has 0 saturated carbocycles. The molecule has 0 saturated heterocycles. The van der Waals surface area contributed by atoms with Crippen molar-refractivity contribution >= 4 is 46.9 Å². The first-order valence-electron chi connectivity index (χ1n) is 10.9. The van der Waals surface area contributed by atoms with E-state index in [9.17, 15) is 9.59 Å². The first kappa shape index (κ1) is 25.0. The van der Waals surface area contributed by atoms with Gasteiger partial charge in [0.15, 0.2) is 0 Å². The van der Waals surface area contributed by atoms with Gasteiger partial charge in [0.1, 0.15) is 12.4 Å². The molecule has 4 rings (SSSR count). The first-order valence-corrected chi connectivity index (χ1v) is 11.7. The van der Waals surface area contributed by atoms with Crippen molar-refractivity contribution < 1.29 is 14.3 Å². The number of carbonyl (C=O) groups excluding carboxylic acids is 2. The van der Waals surface area contributed by atoms with E-state index in [1.807, 2.05) is 48.5 Å². The number of halogens is 2. The minimum atomic E-state index is -0.374. The van der Waals surface area contributed by atoms with E-state index in [1.165, 1.54) is 6.21 Å². The van der Waals surface area contributed by atoms with Gasteiger partial charge in [0.2, 0.25) is 0 Å². The average Bonchev–Trinajstić information content (AvgIpc) is 2.90. The first-order chi connectivity index (χ1) is 17.5. The molecule has 0 aromatic heterocycles. The number of carbonyl (C=O) groups is 2. The van der Waals surface area contributed by atoms with Gasteiger partial charge >= 0.3 is 0 Å². The zero-order chi connectivity index (χ0) is 25.3. The van der Waals surface area contributed by atoms with Crippen LogP contribution in [0.3, 0.4) is 0 Å². The Kier molecular flexibility index (Phi) is 8.34. The van der Waals surface area contributed by atoms with Gasteiger partial charge in [-0.1, -0.05) is 41.4 Å². The molecule has 2 amide bonds. The van der Waals surface area contributed by atoms with Crippen molar-refractivity contribution in [3.63, 3.8) is 0 Å². The summed E-state index contributed by atoms with van der Waals surface area (Å²) in [7, 11) is 0. The summed E-state index contributed by atoms with van der Waals surface area (Å²) in [4.78, 5) is 24.7. The van der Waals surface area contributed by atoms with Gasteiger partial charge in [-0.2, -0.15) is 5.10 Å². The zero-order valence-electron chi connectivity index (χ0n) is 18.9. The van der Waals surface area contributed by atoms with Crippen molar-refractivity contribution in [1.82, 2.24) is 5.43 Å². The molecule has 8 heteroatoms. The molecule has 6 nitrogen and oxygen atoms in total. The average molecular weight is 518 g/mol. The van der Waals surface area contributed by atoms with E-state index in [0.29, 0.717) is 39.2 Å². The zero-order valence-corrected chi connectivity index (χ0v) is 20.5. The Labute approximate surface area is 218 Å². The van der Waals surface area contributed by atoms with E-state index in [0.717, 1.165) is 11.1 Å². The van der Waals surface area contributed by atoms with Crippen molar-refractivity contribution in [3.05, 3.63) is 129 Å². The molecule has 4 aromatic carbocycles. The van der Waals surface area contributed by atoms with Crippen molar-refractivity contribution in [3.8, 4) is 5.75 Å². The van der Waals surface area contributed by atoms with E-state index in [1.54, 1.807) is 48.5 Å². The highest BCUT2D eigenvalue weighted by atomic mass is 35.5. The fourth-order valence-corrected chi connectivity index (χ4v) is 3.48. The standard InChI is InChI=1S/C28H21Cl2N3O3/c29-23-11-7-20(8-12-23)27(34)32-24-13-9-21(10-14-24)28(35)33-31-17-19-5-15-25(16-6-19)36-18-22-3-1-2-4-26(22)30/h1-17H,18H2,(H,32,34)(H,33,35)/b31-17+. The number of rotatable bonds is 8. The quantitative estimate of drug-likeness (QED) is 0.204. The Balaban J connectivity index is 1.26. The molecule has 0 spiro atoms. The van der Waals surface area contributed by atoms with Crippen LogP contribution in [0.4, 0.5) is 5.69 Å². The van der Waals surface area contributed by atoms with Crippen molar-refractivity contribution in [1.29, 1.82) is 0 Å². The highest BCUT2D eigenvalue weighted by Crippen LogP contribution is 2.19. The Morgan fingerprint density at radius 3 is 2.11 bits per heavy atom. The van der Waals surface area contributed by atoms with Crippen molar-refractivity contribution in [2.24, 2.45) is 5.10 Å².